The predicted molar refractivity (Wildman–Crippen MR) is 135 cm³/mol. The number of hydrogen-bond acceptors (Lipinski definition) is 6. The number of ether oxygens (including phenoxy) is 2. The lowest BCUT2D eigenvalue weighted by Crippen LogP contribution is -2.55. The molecule has 0 aliphatic carbocycles. The largest absolute Gasteiger partial charge is 0.478 e. The van der Waals surface area contributed by atoms with Crippen LogP contribution in [-0.2, 0) is 9.53 Å². The molecule has 1 aromatic carbocycles. The van der Waals surface area contributed by atoms with Crippen LogP contribution in [0.1, 0.15) is 49.9 Å². The third kappa shape index (κ3) is 6.05. The van der Waals surface area contributed by atoms with E-state index in [1.165, 1.54) is 0 Å². The molecule has 2 aliphatic heterocycles. The van der Waals surface area contributed by atoms with Crippen LogP contribution in [0.4, 0.5) is 5.82 Å². The zero-order chi connectivity index (χ0) is 25.0. The number of pyridine rings is 1. The standard InChI is InChI=1S/C26H33ClN4O4/c1-26(2,35-22-9-5-18(27)6-10-22)25(33)30-19-14-20-7-8-21(15-19)31(20)23-11-4-17(16-29-23)24(32)28-12-13-34-3/h4-6,9-11,16,19-21H,7-8,12-15H2,1-3H3,(H,28,32)(H,30,33)/t19?,20-,21+. The number of aromatic nitrogens is 1. The fraction of sp³-hybridized carbons (Fsp3) is 0.500. The van der Waals surface area contributed by atoms with Crippen molar-refractivity contribution in [3.05, 3.63) is 53.2 Å². The summed E-state index contributed by atoms with van der Waals surface area (Å²) in [6.07, 6.45) is 5.44. The third-order valence-corrected chi connectivity index (χ3v) is 6.92. The fourth-order valence-electron chi connectivity index (χ4n) is 4.91. The Morgan fingerprint density at radius 1 is 1.11 bits per heavy atom. The zero-order valence-electron chi connectivity index (χ0n) is 20.4. The van der Waals surface area contributed by atoms with Crippen molar-refractivity contribution in [3.63, 3.8) is 0 Å². The number of nitrogens with zero attached hydrogens (tertiary/aromatic N) is 2. The van der Waals surface area contributed by atoms with E-state index in [0.29, 0.717) is 41.6 Å². The summed E-state index contributed by atoms with van der Waals surface area (Å²) < 4.78 is 10.9. The average Bonchev–Trinajstić information content (AvgIpc) is 3.10. The van der Waals surface area contributed by atoms with Crippen LogP contribution in [0.5, 0.6) is 5.75 Å². The summed E-state index contributed by atoms with van der Waals surface area (Å²) in [5.41, 5.74) is -0.479. The van der Waals surface area contributed by atoms with Crippen LogP contribution in [0, 0.1) is 0 Å². The lowest BCUT2D eigenvalue weighted by molar-refractivity contribution is -0.135. The van der Waals surface area contributed by atoms with Crippen molar-refractivity contribution in [2.75, 3.05) is 25.2 Å². The monoisotopic (exact) mass is 500 g/mol. The van der Waals surface area contributed by atoms with Crippen molar-refractivity contribution in [1.29, 1.82) is 0 Å². The van der Waals surface area contributed by atoms with E-state index in [-0.39, 0.29) is 17.9 Å². The lowest BCUT2D eigenvalue weighted by atomic mass is 9.96. The number of piperidine rings is 1. The van der Waals surface area contributed by atoms with Gasteiger partial charge in [-0.15, -0.1) is 0 Å². The highest BCUT2D eigenvalue weighted by Gasteiger charge is 2.43. The van der Waals surface area contributed by atoms with Gasteiger partial charge in [0, 0.05) is 43.0 Å². The average molecular weight is 501 g/mol. The number of carbonyl (C=O) groups is 2. The molecule has 2 N–H and O–H groups in total. The minimum Gasteiger partial charge on any atom is -0.478 e. The summed E-state index contributed by atoms with van der Waals surface area (Å²) in [5, 5.41) is 6.64. The second-order valence-corrected chi connectivity index (χ2v) is 10.1. The van der Waals surface area contributed by atoms with E-state index < -0.39 is 5.60 Å². The lowest BCUT2D eigenvalue weighted by Gasteiger charge is -2.40. The number of halogens is 1. The fourth-order valence-corrected chi connectivity index (χ4v) is 5.04. The number of hydrogen-bond donors (Lipinski definition) is 2. The van der Waals surface area contributed by atoms with E-state index in [0.717, 1.165) is 31.5 Å². The van der Waals surface area contributed by atoms with Crippen LogP contribution in [0.2, 0.25) is 5.02 Å². The van der Waals surface area contributed by atoms with Gasteiger partial charge in [-0.2, -0.15) is 0 Å². The van der Waals surface area contributed by atoms with E-state index in [2.05, 4.69) is 20.5 Å². The first-order chi connectivity index (χ1) is 16.8. The SMILES string of the molecule is COCCNC(=O)c1ccc(N2[C@@H]3CC[C@H]2CC(NC(=O)C(C)(C)Oc2ccc(Cl)cc2)C3)nc1. The normalized spacial score (nSPS) is 21.5. The molecular weight excluding hydrogens is 468 g/mol. The van der Waals surface area contributed by atoms with Crippen molar-refractivity contribution in [1.82, 2.24) is 15.6 Å². The summed E-state index contributed by atoms with van der Waals surface area (Å²) in [6.45, 7) is 4.48. The number of amides is 2. The van der Waals surface area contributed by atoms with Gasteiger partial charge in [-0.05, 0) is 75.9 Å². The van der Waals surface area contributed by atoms with Crippen molar-refractivity contribution >= 4 is 29.2 Å². The molecule has 3 heterocycles. The molecule has 0 radical (unpaired) electrons. The Morgan fingerprint density at radius 3 is 2.40 bits per heavy atom. The Labute approximate surface area is 211 Å². The molecule has 3 atom stereocenters. The second kappa shape index (κ2) is 10.8. The number of rotatable bonds is 9. The molecule has 35 heavy (non-hydrogen) atoms. The van der Waals surface area contributed by atoms with Gasteiger partial charge in [0.1, 0.15) is 11.6 Å². The van der Waals surface area contributed by atoms with Gasteiger partial charge in [0.25, 0.3) is 11.8 Å². The summed E-state index contributed by atoms with van der Waals surface area (Å²) in [4.78, 5) is 32.2. The molecule has 2 aliphatic rings. The second-order valence-electron chi connectivity index (χ2n) is 9.65. The van der Waals surface area contributed by atoms with Gasteiger partial charge in [0.05, 0.1) is 12.2 Å². The highest BCUT2D eigenvalue weighted by molar-refractivity contribution is 6.30. The van der Waals surface area contributed by atoms with Crippen molar-refractivity contribution in [3.8, 4) is 5.75 Å². The Balaban J connectivity index is 1.34. The van der Waals surface area contributed by atoms with Crippen molar-refractivity contribution in [2.24, 2.45) is 0 Å². The van der Waals surface area contributed by atoms with Crippen LogP contribution in [0.3, 0.4) is 0 Å². The number of anilines is 1. The Bertz CT molecular complexity index is 1010. The van der Waals surface area contributed by atoms with Gasteiger partial charge >= 0.3 is 0 Å². The van der Waals surface area contributed by atoms with Crippen LogP contribution in [0.15, 0.2) is 42.6 Å². The molecule has 4 rings (SSSR count). The molecule has 0 spiro atoms. The maximum absolute atomic E-state index is 13.1. The van der Waals surface area contributed by atoms with E-state index in [4.69, 9.17) is 21.1 Å². The first-order valence-corrected chi connectivity index (χ1v) is 12.4. The molecule has 2 aromatic rings. The number of methoxy groups -OCH3 is 1. The van der Waals surface area contributed by atoms with Crippen LogP contribution < -0.4 is 20.3 Å². The smallest absolute Gasteiger partial charge is 0.263 e. The molecule has 8 nitrogen and oxygen atoms in total. The topological polar surface area (TPSA) is 92.8 Å². The van der Waals surface area contributed by atoms with E-state index in [1.54, 1.807) is 51.4 Å². The highest BCUT2D eigenvalue weighted by Crippen LogP contribution is 2.38. The summed E-state index contributed by atoms with van der Waals surface area (Å²) in [7, 11) is 1.60. The van der Waals surface area contributed by atoms with Gasteiger partial charge < -0.3 is 25.0 Å². The molecule has 2 bridgehead atoms. The van der Waals surface area contributed by atoms with Crippen LogP contribution in [0.25, 0.3) is 0 Å². The summed E-state index contributed by atoms with van der Waals surface area (Å²) in [5.74, 6) is 1.19. The van der Waals surface area contributed by atoms with Gasteiger partial charge in [-0.1, -0.05) is 11.6 Å². The van der Waals surface area contributed by atoms with Gasteiger partial charge in [-0.25, -0.2) is 4.98 Å². The maximum Gasteiger partial charge on any atom is 0.263 e. The van der Waals surface area contributed by atoms with E-state index >= 15 is 0 Å². The van der Waals surface area contributed by atoms with Gasteiger partial charge in [-0.3, -0.25) is 9.59 Å². The molecule has 1 aromatic heterocycles. The first-order valence-electron chi connectivity index (χ1n) is 12.0. The number of nitrogens with one attached hydrogen (secondary N) is 2. The Morgan fingerprint density at radius 2 is 1.80 bits per heavy atom. The van der Waals surface area contributed by atoms with Gasteiger partial charge in [0.15, 0.2) is 5.60 Å². The number of benzene rings is 1. The number of carbonyl (C=O) groups excluding carboxylic acids is 2. The van der Waals surface area contributed by atoms with Crippen LogP contribution in [-0.4, -0.2) is 60.8 Å². The van der Waals surface area contributed by atoms with Crippen LogP contribution >= 0.6 is 11.6 Å². The van der Waals surface area contributed by atoms with Gasteiger partial charge in [0.2, 0.25) is 0 Å². The summed E-state index contributed by atoms with van der Waals surface area (Å²) >= 11 is 5.94. The molecule has 0 saturated carbocycles. The summed E-state index contributed by atoms with van der Waals surface area (Å²) in [6, 6.07) is 11.4. The minimum atomic E-state index is -1.01. The molecule has 1 unspecified atom stereocenters. The predicted octanol–water partition coefficient (Wildman–Crippen LogP) is 3.58. The quantitative estimate of drug-likeness (QED) is 0.511. The first kappa shape index (κ1) is 25.3. The molecular formula is C26H33ClN4O4. The molecule has 188 valence electrons. The maximum atomic E-state index is 13.1. The van der Waals surface area contributed by atoms with Crippen molar-refractivity contribution < 1.29 is 19.1 Å². The highest BCUT2D eigenvalue weighted by atomic mass is 35.5. The third-order valence-electron chi connectivity index (χ3n) is 6.67. The molecule has 9 heteroatoms. The zero-order valence-corrected chi connectivity index (χ0v) is 21.2. The van der Waals surface area contributed by atoms with E-state index in [9.17, 15) is 9.59 Å². The Kier molecular flexibility index (Phi) is 7.82. The number of fused-ring (bicyclic) bond motifs is 2. The van der Waals surface area contributed by atoms with Crippen molar-refractivity contribution in [2.45, 2.75) is 63.3 Å². The molecule has 2 amide bonds. The Hall–Kier alpha value is -2.84. The van der Waals surface area contributed by atoms with E-state index in [1.807, 2.05) is 12.1 Å². The molecule has 2 saturated heterocycles. The molecule has 2 fully saturated rings. The minimum absolute atomic E-state index is 0.0789.